The maximum Gasteiger partial charge on any atom is 0.348 e. The SMILES string of the molecule is C=C1c2ccccc2O[C@@H](C(=O)OCC)C1(C)C. The molecule has 0 unspecified atom stereocenters. The molecule has 1 aromatic rings. The van der Waals surface area contributed by atoms with Gasteiger partial charge in [-0.05, 0) is 18.6 Å². The van der Waals surface area contributed by atoms with E-state index in [1.165, 1.54) is 0 Å². The molecule has 2 rings (SSSR count). The summed E-state index contributed by atoms with van der Waals surface area (Å²) in [7, 11) is 0. The number of hydrogen-bond acceptors (Lipinski definition) is 3. The van der Waals surface area contributed by atoms with E-state index in [-0.39, 0.29) is 5.97 Å². The van der Waals surface area contributed by atoms with Crippen molar-refractivity contribution in [3.05, 3.63) is 36.4 Å². The van der Waals surface area contributed by atoms with Crippen LogP contribution in [-0.2, 0) is 9.53 Å². The van der Waals surface area contributed by atoms with Crippen LogP contribution in [0.25, 0.3) is 5.57 Å². The normalized spacial score (nSPS) is 20.8. The molecule has 0 amide bonds. The molecular formula is C15H18O3. The molecule has 0 radical (unpaired) electrons. The number of carbonyl (C=O) groups is 1. The molecular weight excluding hydrogens is 228 g/mol. The van der Waals surface area contributed by atoms with Crippen molar-refractivity contribution < 1.29 is 14.3 Å². The maximum absolute atomic E-state index is 12.0. The topological polar surface area (TPSA) is 35.5 Å². The number of rotatable bonds is 2. The Morgan fingerprint density at radius 2 is 2.11 bits per heavy atom. The van der Waals surface area contributed by atoms with Crippen molar-refractivity contribution in [1.29, 1.82) is 0 Å². The molecule has 3 nitrogen and oxygen atoms in total. The van der Waals surface area contributed by atoms with Crippen LogP contribution in [-0.4, -0.2) is 18.7 Å². The van der Waals surface area contributed by atoms with E-state index in [0.717, 1.165) is 11.1 Å². The minimum absolute atomic E-state index is 0.335. The highest BCUT2D eigenvalue weighted by atomic mass is 16.6. The molecule has 96 valence electrons. The Labute approximate surface area is 107 Å². The standard InChI is InChI=1S/C15H18O3/c1-5-17-14(16)13-15(3,4)10(2)11-8-6-7-9-12(11)18-13/h6-9,13H,2,5H2,1,3-4H3/t13-/m0/s1. The van der Waals surface area contributed by atoms with E-state index in [1.807, 2.05) is 38.1 Å². The van der Waals surface area contributed by atoms with Gasteiger partial charge in [-0.3, -0.25) is 0 Å². The molecule has 1 heterocycles. The molecule has 0 N–H and O–H groups in total. The molecule has 3 heteroatoms. The van der Waals surface area contributed by atoms with Crippen LogP contribution in [0.4, 0.5) is 0 Å². The van der Waals surface area contributed by atoms with Gasteiger partial charge in [-0.15, -0.1) is 0 Å². The molecule has 18 heavy (non-hydrogen) atoms. The Balaban J connectivity index is 2.41. The lowest BCUT2D eigenvalue weighted by molar-refractivity contribution is -0.155. The number of hydrogen-bond donors (Lipinski definition) is 0. The quantitative estimate of drug-likeness (QED) is 0.752. The molecule has 1 aromatic carbocycles. The first-order valence-electron chi connectivity index (χ1n) is 6.10. The molecule has 1 atom stereocenters. The molecule has 0 saturated carbocycles. The molecule has 0 saturated heterocycles. The first kappa shape index (κ1) is 12.7. The highest BCUT2D eigenvalue weighted by Crippen LogP contribution is 2.46. The van der Waals surface area contributed by atoms with Crippen LogP contribution in [0, 0.1) is 5.41 Å². The van der Waals surface area contributed by atoms with Crippen molar-refractivity contribution in [2.45, 2.75) is 26.9 Å². The van der Waals surface area contributed by atoms with Crippen molar-refractivity contribution in [2.24, 2.45) is 5.41 Å². The molecule has 1 aliphatic rings. The number of fused-ring (bicyclic) bond motifs is 1. The molecule has 0 aliphatic carbocycles. The zero-order valence-corrected chi connectivity index (χ0v) is 11.0. The predicted octanol–water partition coefficient (Wildman–Crippen LogP) is 3.05. The van der Waals surface area contributed by atoms with E-state index in [2.05, 4.69) is 6.58 Å². The maximum atomic E-state index is 12.0. The summed E-state index contributed by atoms with van der Waals surface area (Å²) in [5.74, 6) is 0.359. The Hall–Kier alpha value is -1.77. The average molecular weight is 246 g/mol. The number of benzene rings is 1. The van der Waals surface area contributed by atoms with Gasteiger partial charge in [0.05, 0.1) is 6.61 Å². The third-order valence-corrected chi connectivity index (χ3v) is 3.39. The van der Waals surface area contributed by atoms with Gasteiger partial charge < -0.3 is 9.47 Å². The highest BCUT2D eigenvalue weighted by Gasteiger charge is 2.45. The van der Waals surface area contributed by atoms with Gasteiger partial charge >= 0.3 is 5.97 Å². The van der Waals surface area contributed by atoms with Crippen molar-refractivity contribution in [1.82, 2.24) is 0 Å². The van der Waals surface area contributed by atoms with Gasteiger partial charge in [0.25, 0.3) is 0 Å². The van der Waals surface area contributed by atoms with E-state index in [0.29, 0.717) is 12.4 Å². The van der Waals surface area contributed by atoms with Crippen LogP contribution in [0.3, 0.4) is 0 Å². The lowest BCUT2D eigenvalue weighted by Crippen LogP contribution is -2.45. The van der Waals surface area contributed by atoms with Crippen molar-refractivity contribution >= 4 is 11.5 Å². The Bertz CT molecular complexity index is 488. The van der Waals surface area contributed by atoms with Crippen molar-refractivity contribution in [2.75, 3.05) is 6.61 Å². The van der Waals surface area contributed by atoms with E-state index in [1.54, 1.807) is 6.92 Å². The zero-order valence-electron chi connectivity index (χ0n) is 11.0. The van der Waals surface area contributed by atoms with Gasteiger partial charge in [0.2, 0.25) is 6.10 Å². The second-order valence-corrected chi connectivity index (χ2v) is 4.95. The number of carbonyl (C=O) groups excluding carboxylic acids is 1. The van der Waals surface area contributed by atoms with E-state index < -0.39 is 11.5 Å². The van der Waals surface area contributed by atoms with Gasteiger partial charge in [-0.2, -0.15) is 0 Å². The fourth-order valence-corrected chi connectivity index (χ4v) is 2.16. The van der Waals surface area contributed by atoms with Crippen LogP contribution >= 0.6 is 0 Å². The van der Waals surface area contributed by atoms with Crippen molar-refractivity contribution in [3.63, 3.8) is 0 Å². The molecule has 0 fully saturated rings. The third-order valence-electron chi connectivity index (χ3n) is 3.39. The van der Waals surface area contributed by atoms with Gasteiger partial charge in [0, 0.05) is 11.0 Å². The Morgan fingerprint density at radius 1 is 1.44 bits per heavy atom. The average Bonchev–Trinajstić information content (AvgIpc) is 2.34. The molecule has 0 aromatic heterocycles. The van der Waals surface area contributed by atoms with Crippen LogP contribution in [0.5, 0.6) is 5.75 Å². The highest BCUT2D eigenvalue weighted by molar-refractivity contribution is 5.85. The fourth-order valence-electron chi connectivity index (χ4n) is 2.16. The Kier molecular flexibility index (Phi) is 3.16. The minimum Gasteiger partial charge on any atom is -0.477 e. The van der Waals surface area contributed by atoms with Crippen LogP contribution < -0.4 is 4.74 Å². The van der Waals surface area contributed by atoms with Crippen LogP contribution in [0.2, 0.25) is 0 Å². The lowest BCUT2D eigenvalue weighted by atomic mass is 9.74. The second-order valence-electron chi connectivity index (χ2n) is 4.95. The summed E-state index contributed by atoms with van der Waals surface area (Å²) in [5, 5.41) is 0. The molecule has 0 bridgehead atoms. The summed E-state index contributed by atoms with van der Waals surface area (Å²) in [6.45, 7) is 10.2. The predicted molar refractivity (Wildman–Crippen MR) is 70.3 cm³/mol. The van der Waals surface area contributed by atoms with Crippen LogP contribution in [0.15, 0.2) is 30.8 Å². The molecule has 1 aliphatic heterocycles. The minimum atomic E-state index is -0.639. The number of para-hydroxylation sites is 1. The van der Waals surface area contributed by atoms with E-state index >= 15 is 0 Å². The van der Waals surface area contributed by atoms with Gasteiger partial charge in [-0.25, -0.2) is 4.79 Å². The first-order valence-corrected chi connectivity index (χ1v) is 6.10. The summed E-state index contributed by atoms with van der Waals surface area (Å²) in [6, 6.07) is 7.63. The van der Waals surface area contributed by atoms with Gasteiger partial charge in [-0.1, -0.05) is 38.6 Å². The monoisotopic (exact) mass is 246 g/mol. The fraction of sp³-hybridized carbons (Fsp3) is 0.400. The van der Waals surface area contributed by atoms with Gasteiger partial charge in [0.15, 0.2) is 0 Å². The van der Waals surface area contributed by atoms with Crippen LogP contribution in [0.1, 0.15) is 26.3 Å². The lowest BCUT2D eigenvalue weighted by Gasteiger charge is -2.39. The smallest absolute Gasteiger partial charge is 0.348 e. The molecule has 0 spiro atoms. The summed E-state index contributed by atoms with van der Waals surface area (Å²) < 4.78 is 10.9. The largest absolute Gasteiger partial charge is 0.477 e. The van der Waals surface area contributed by atoms with Crippen molar-refractivity contribution in [3.8, 4) is 5.75 Å². The summed E-state index contributed by atoms with van der Waals surface area (Å²) in [4.78, 5) is 12.0. The summed E-state index contributed by atoms with van der Waals surface area (Å²) in [5.41, 5.74) is 1.39. The van der Waals surface area contributed by atoms with Gasteiger partial charge in [0.1, 0.15) is 5.75 Å². The third kappa shape index (κ3) is 1.90. The van der Waals surface area contributed by atoms with E-state index in [9.17, 15) is 4.79 Å². The summed E-state index contributed by atoms with van der Waals surface area (Å²) in [6.07, 6.45) is -0.639. The Morgan fingerprint density at radius 3 is 2.78 bits per heavy atom. The number of esters is 1. The summed E-state index contributed by atoms with van der Waals surface area (Å²) >= 11 is 0. The first-order chi connectivity index (χ1) is 8.48. The zero-order chi connectivity index (χ0) is 13.3. The van der Waals surface area contributed by atoms with E-state index in [4.69, 9.17) is 9.47 Å². The number of ether oxygens (including phenoxy) is 2. The second kappa shape index (κ2) is 4.48.